The summed E-state index contributed by atoms with van der Waals surface area (Å²) in [6.07, 6.45) is 3.71. The monoisotopic (exact) mass is 437 g/mol. The van der Waals surface area contributed by atoms with Gasteiger partial charge in [-0.1, -0.05) is 6.07 Å². The SMILES string of the molecule is CCOc1ccc(CCNC(=O)c2ccc3c(c2)NC(=O)[C@@H]2CCCCN32)cc1OCC. The third-order valence-electron chi connectivity index (χ3n) is 5.94. The van der Waals surface area contributed by atoms with Gasteiger partial charge >= 0.3 is 0 Å². The van der Waals surface area contributed by atoms with E-state index in [1.54, 1.807) is 6.07 Å². The number of anilines is 2. The lowest BCUT2D eigenvalue weighted by atomic mass is 9.97. The van der Waals surface area contributed by atoms with Crippen LogP contribution in [0.15, 0.2) is 36.4 Å². The molecule has 4 rings (SSSR count). The summed E-state index contributed by atoms with van der Waals surface area (Å²) in [5.41, 5.74) is 3.32. The van der Waals surface area contributed by atoms with Crippen LogP contribution in [-0.4, -0.2) is 44.2 Å². The topological polar surface area (TPSA) is 79.9 Å². The Balaban J connectivity index is 1.38. The molecule has 0 saturated carbocycles. The first-order chi connectivity index (χ1) is 15.6. The quantitative estimate of drug-likeness (QED) is 0.657. The Kier molecular flexibility index (Phi) is 6.83. The summed E-state index contributed by atoms with van der Waals surface area (Å²) in [5, 5.41) is 5.96. The highest BCUT2D eigenvalue weighted by Gasteiger charge is 2.34. The predicted octanol–water partition coefficient (Wildman–Crippen LogP) is 3.77. The molecule has 170 valence electrons. The fourth-order valence-electron chi connectivity index (χ4n) is 4.41. The number of hydrogen-bond donors (Lipinski definition) is 2. The average Bonchev–Trinajstić information content (AvgIpc) is 2.81. The van der Waals surface area contributed by atoms with E-state index < -0.39 is 0 Å². The standard InChI is InChI=1S/C25H31N3O4/c1-3-31-22-11-8-17(15-23(22)32-4-2)12-13-26-24(29)18-9-10-20-19(16-18)27-25(30)21-7-5-6-14-28(20)21/h8-11,15-16,21H,3-7,12-14H2,1-2H3,(H,26,29)(H,27,30)/t21-/m0/s1. The summed E-state index contributed by atoms with van der Waals surface area (Å²) in [7, 11) is 0. The smallest absolute Gasteiger partial charge is 0.251 e. The number of nitrogens with zero attached hydrogens (tertiary/aromatic N) is 1. The summed E-state index contributed by atoms with van der Waals surface area (Å²) in [6.45, 7) is 6.39. The van der Waals surface area contributed by atoms with Crippen LogP contribution in [0.25, 0.3) is 0 Å². The van der Waals surface area contributed by atoms with E-state index in [-0.39, 0.29) is 17.9 Å². The summed E-state index contributed by atoms with van der Waals surface area (Å²) in [4.78, 5) is 27.3. The second kappa shape index (κ2) is 9.94. The van der Waals surface area contributed by atoms with Crippen molar-refractivity contribution in [2.75, 3.05) is 36.5 Å². The summed E-state index contributed by atoms with van der Waals surface area (Å²) >= 11 is 0. The molecule has 1 fully saturated rings. The van der Waals surface area contributed by atoms with Gasteiger partial charge in [0.25, 0.3) is 5.91 Å². The molecule has 0 spiro atoms. The number of hydrogen-bond acceptors (Lipinski definition) is 5. The minimum atomic E-state index is -0.154. The molecule has 2 aliphatic heterocycles. The third-order valence-corrected chi connectivity index (χ3v) is 5.94. The Hall–Kier alpha value is -3.22. The summed E-state index contributed by atoms with van der Waals surface area (Å²) < 4.78 is 11.3. The van der Waals surface area contributed by atoms with E-state index in [9.17, 15) is 9.59 Å². The maximum atomic E-state index is 12.7. The Morgan fingerprint density at radius 1 is 1.09 bits per heavy atom. The Morgan fingerprint density at radius 3 is 2.72 bits per heavy atom. The van der Waals surface area contributed by atoms with Crippen LogP contribution < -0.4 is 25.0 Å². The summed E-state index contributed by atoms with van der Waals surface area (Å²) in [5.74, 6) is 1.32. The van der Waals surface area contributed by atoms with Crippen molar-refractivity contribution in [3.63, 3.8) is 0 Å². The second-order valence-electron chi connectivity index (χ2n) is 8.08. The molecule has 0 aliphatic carbocycles. The van der Waals surface area contributed by atoms with Crippen molar-refractivity contribution in [3.8, 4) is 11.5 Å². The minimum absolute atomic E-state index is 0.0235. The number of rotatable bonds is 8. The first kappa shape index (κ1) is 22.0. The number of carbonyl (C=O) groups excluding carboxylic acids is 2. The normalized spacial score (nSPS) is 17.1. The lowest BCUT2D eigenvalue weighted by Gasteiger charge is -2.41. The van der Waals surface area contributed by atoms with Gasteiger partial charge in [-0.05, 0) is 75.4 Å². The molecule has 0 unspecified atom stereocenters. The first-order valence-electron chi connectivity index (χ1n) is 11.5. The van der Waals surface area contributed by atoms with E-state index in [1.807, 2.05) is 44.2 Å². The molecule has 2 amide bonds. The van der Waals surface area contributed by atoms with Crippen LogP contribution >= 0.6 is 0 Å². The van der Waals surface area contributed by atoms with Gasteiger partial charge < -0.3 is 25.0 Å². The molecular formula is C25H31N3O4. The van der Waals surface area contributed by atoms with Gasteiger partial charge in [-0.25, -0.2) is 0 Å². The van der Waals surface area contributed by atoms with Crippen LogP contribution in [0.4, 0.5) is 11.4 Å². The van der Waals surface area contributed by atoms with Gasteiger partial charge in [0.1, 0.15) is 6.04 Å². The molecule has 2 N–H and O–H groups in total. The van der Waals surface area contributed by atoms with Crippen molar-refractivity contribution >= 4 is 23.2 Å². The molecule has 2 aromatic rings. The highest BCUT2D eigenvalue weighted by Crippen LogP contribution is 2.36. The highest BCUT2D eigenvalue weighted by atomic mass is 16.5. The number of fused-ring (bicyclic) bond motifs is 3. The second-order valence-corrected chi connectivity index (χ2v) is 8.08. The van der Waals surface area contributed by atoms with Crippen molar-refractivity contribution in [3.05, 3.63) is 47.5 Å². The van der Waals surface area contributed by atoms with Crippen LogP contribution in [-0.2, 0) is 11.2 Å². The molecular weight excluding hydrogens is 406 g/mol. The van der Waals surface area contributed by atoms with E-state index in [0.717, 1.165) is 48.6 Å². The van der Waals surface area contributed by atoms with Crippen molar-refractivity contribution in [1.82, 2.24) is 5.32 Å². The number of amides is 2. The maximum absolute atomic E-state index is 12.7. The number of benzene rings is 2. The lowest BCUT2D eigenvalue weighted by Crippen LogP contribution is -2.50. The first-order valence-corrected chi connectivity index (χ1v) is 11.5. The molecule has 1 atom stereocenters. The molecule has 1 saturated heterocycles. The van der Waals surface area contributed by atoms with Gasteiger partial charge in [0.15, 0.2) is 11.5 Å². The fraction of sp³-hybridized carbons (Fsp3) is 0.440. The molecule has 2 heterocycles. The highest BCUT2D eigenvalue weighted by molar-refractivity contribution is 6.05. The molecule has 0 radical (unpaired) electrons. The minimum Gasteiger partial charge on any atom is -0.490 e. The Labute approximate surface area is 189 Å². The number of nitrogens with one attached hydrogen (secondary N) is 2. The molecule has 32 heavy (non-hydrogen) atoms. The van der Waals surface area contributed by atoms with Crippen LogP contribution in [0.3, 0.4) is 0 Å². The molecule has 7 heteroatoms. The zero-order valence-electron chi connectivity index (χ0n) is 18.8. The van der Waals surface area contributed by atoms with Gasteiger partial charge in [-0.2, -0.15) is 0 Å². The van der Waals surface area contributed by atoms with Crippen molar-refractivity contribution in [2.24, 2.45) is 0 Å². The van der Waals surface area contributed by atoms with Gasteiger partial charge in [-0.3, -0.25) is 9.59 Å². The van der Waals surface area contributed by atoms with Crippen LogP contribution in [0, 0.1) is 0 Å². The van der Waals surface area contributed by atoms with Crippen LogP contribution in [0.5, 0.6) is 11.5 Å². The molecule has 2 aliphatic rings. The zero-order chi connectivity index (χ0) is 22.5. The number of ether oxygens (including phenoxy) is 2. The van der Waals surface area contributed by atoms with E-state index in [0.29, 0.717) is 37.4 Å². The van der Waals surface area contributed by atoms with E-state index >= 15 is 0 Å². The largest absolute Gasteiger partial charge is 0.490 e. The number of carbonyl (C=O) groups is 2. The van der Waals surface area contributed by atoms with Crippen LogP contribution in [0.1, 0.15) is 49.0 Å². The third kappa shape index (κ3) is 4.66. The van der Waals surface area contributed by atoms with Crippen molar-refractivity contribution in [1.29, 1.82) is 0 Å². The van der Waals surface area contributed by atoms with E-state index in [4.69, 9.17) is 9.47 Å². The Bertz CT molecular complexity index is 991. The van der Waals surface area contributed by atoms with Gasteiger partial charge in [0, 0.05) is 18.7 Å². The summed E-state index contributed by atoms with van der Waals surface area (Å²) in [6, 6.07) is 11.3. The average molecular weight is 438 g/mol. The molecule has 7 nitrogen and oxygen atoms in total. The van der Waals surface area contributed by atoms with Gasteiger partial charge in [0.2, 0.25) is 5.91 Å². The van der Waals surface area contributed by atoms with E-state index in [1.165, 1.54) is 0 Å². The molecule has 0 bridgehead atoms. The van der Waals surface area contributed by atoms with Crippen LogP contribution in [0.2, 0.25) is 0 Å². The predicted molar refractivity (Wildman–Crippen MR) is 125 cm³/mol. The van der Waals surface area contributed by atoms with Crippen molar-refractivity contribution in [2.45, 2.75) is 45.6 Å². The maximum Gasteiger partial charge on any atom is 0.251 e. The zero-order valence-corrected chi connectivity index (χ0v) is 18.8. The molecule has 0 aromatic heterocycles. The van der Waals surface area contributed by atoms with E-state index in [2.05, 4.69) is 15.5 Å². The number of piperidine rings is 1. The Morgan fingerprint density at radius 2 is 1.91 bits per heavy atom. The van der Waals surface area contributed by atoms with Gasteiger partial charge in [0.05, 0.1) is 24.6 Å². The van der Waals surface area contributed by atoms with Gasteiger partial charge in [-0.15, -0.1) is 0 Å². The fourth-order valence-corrected chi connectivity index (χ4v) is 4.41. The lowest BCUT2D eigenvalue weighted by molar-refractivity contribution is -0.118. The van der Waals surface area contributed by atoms with Crippen molar-refractivity contribution < 1.29 is 19.1 Å². The molecule has 2 aromatic carbocycles.